The van der Waals surface area contributed by atoms with Gasteiger partial charge >= 0.3 is 12.0 Å². The van der Waals surface area contributed by atoms with Crippen LogP contribution in [0.15, 0.2) is 24.4 Å². The van der Waals surface area contributed by atoms with Gasteiger partial charge in [0.1, 0.15) is 6.61 Å². The van der Waals surface area contributed by atoms with Crippen molar-refractivity contribution < 1.29 is 19.1 Å². The Kier molecular flexibility index (Phi) is 9.79. The summed E-state index contributed by atoms with van der Waals surface area (Å²) in [6.07, 6.45) is 2.90. The molecule has 36 heavy (non-hydrogen) atoms. The highest BCUT2D eigenvalue weighted by Crippen LogP contribution is 2.66. The van der Waals surface area contributed by atoms with Gasteiger partial charge in [-0.25, -0.2) is 9.59 Å². The highest BCUT2D eigenvalue weighted by molar-refractivity contribution is 5.87. The first-order chi connectivity index (χ1) is 16.6. The Morgan fingerprint density at radius 2 is 1.75 bits per heavy atom. The van der Waals surface area contributed by atoms with E-state index in [1.807, 2.05) is 4.90 Å². The zero-order chi connectivity index (χ0) is 27.3. The molecule has 0 aromatic rings. The standard InChI is InChI=1S/C28H48N4O4/c1-19(2)24(34)36-15-13-31-25(35)30-11-10-29-12-14-32-20(3)21(16-23(32)33)27(7,8)18-28(9)17-22(28)26(4,5)6/h21-22,29H,1,3,10-18H2,2,4-9H3,(H2,30,31,35). The number of amides is 3. The van der Waals surface area contributed by atoms with Crippen LogP contribution in [0.25, 0.3) is 0 Å². The fourth-order valence-electron chi connectivity index (χ4n) is 5.94. The quantitative estimate of drug-likeness (QED) is 0.201. The van der Waals surface area contributed by atoms with Crippen LogP contribution in [0, 0.1) is 28.1 Å². The van der Waals surface area contributed by atoms with Crippen LogP contribution in [0.1, 0.15) is 67.7 Å². The molecule has 1 aliphatic heterocycles. The maximum atomic E-state index is 12.8. The smallest absolute Gasteiger partial charge is 0.333 e. The van der Waals surface area contributed by atoms with Crippen LogP contribution in [0.4, 0.5) is 4.79 Å². The Labute approximate surface area is 217 Å². The number of allylic oxidation sites excluding steroid dienone is 1. The third-order valence-electron chi connectivity index (χ3n) is 7.70. The van der Waals surface area contributed by atoms with Crippen molar-refractivity contribution in [2.45, 2.75) is 67.7 Å². The molecular formula is C28H48N4O4. The Morgan fingerprint density at radius 3 is 2.33 bits per heavy atom. The molecule has 0 aromatic heterocycles. The van der Waals surface area contributed by atoms with Crippen molar-refractivity contribution in [2.24, 2.45) is 28.1 Å². The van der Waals surface area contributed by atoms with Crippen molar-refractivity contribution in [3.05, 3.63) is 24.4 Å². The van der Waals surface area contributed by atoms with Gasteiger partial charge in [0.05, 0.1) is 6.54 Å². The molecule has 1 saturated carbocycles. The number of ether oxygens (including phenoxy) is 1. The van der Waals surface area contributed by atoms with Crippen molar-refractivity contribution in [3.8, 4) is 0 Å². The lowest BCUT2D eigenvalue weighted by Crippen LogP contribution is -2.41. The zero-order valence-electron chi connectivity index (χ0n) is 23.5. The van der Waals surface area contributed by atoms with Gasteiger partial charge in [-0.2, -0.15) is 0 Å². The number of urea groups is 1. The lowest BCUT2D eigenvalue weighted by Gasteiger charge is -2.36. The van der Waals surface area contributed by atoms with Gasteiger partial charge in [0.25, 0.3) is 0 Å². The van der Waals surface area contributed by atoms with E-state index in [0.29, 0.717) is 49.0 Å². The number of carbonyl (C=O) groups is 3. The fourth-order valence-corrected chi connectivity index (χ4v) is 5.94. The van der Waals surface area contributed by atoms with Crippen LogP contribution in [0.5, 0.6) is 0 Å². The van der Waals surface area contributed by atoms with Crippen LogP contribution in [0.3, 0.4) is 0 Å². The van der Waals surface area contributed by atoms with Gasteiger partial charge < -0.3 is 25.6 Å². The second-order valence-electron chi connectivity index (χ2n) is 12.6. The van der Waals surface area contributed by atoms with Gasteiger partial charge in [-0.3, -0.25) is 4.79 Å². The third kappa shape index (κ3) is 8.08. The number of hydrogen-bond donors (Lipinski definition) is 3. The molecular weight excluding hydrogens is 456 g/mol. The number of nitrogens with zero attached hydrogens (tertiary/aromatic N) is 1. The van der Waals surface area contributed by atoms with E-state index in [9.17, 15) is 14.4 Å². The topological polar surface area (TPSA) is 99.8 Å². The van der Waals surface area contributed by atoms with E-state index in [0.717, 1.165) is 18.0 Å². The monoisotopic (exact) mass is 504 g/mol. The molecule has 1 aliphatic carbocycles. The van der Waals surface area contributed by atoms with Gasteiger partial charge in [0, 0.05) is 49.8 Å². The molecule has 1 heterocycles. The van der Waals surface area contributed by atoms with Crippen molar-refractivity contribution in [1.29, 1.82) is 0 Å². The summed E-state index contributed by atoms with van der Waals surface area (Å²) in [6, 6.07) is -0.325. The molecule has 2 fully saturated rings. The first-order valence-corrected chi connectivity index (χ1v) is 13.1. The normalized spacial score (nSPS) is 24.0. The summed E-state index contributed by atoms with van der Waals surface area (Å²) in [4.78, 5) is 37.7. The molecule has 1 saturated heterocycles. The lowest BCUT2D eigenvalue weighted by atomic mass is 9.69. The first-order valence-electron chi connectivity index (χ1n) is 13.1. The highest BCUT2D eigenvalue weighted by Gasteiger charge is 2.58. The second kappa shape index (κ2) is 11.8. The summed E-state index contributed by atoms with van der Waals surface area (Å²) >= 11 is 0. The summed E-state index contributed by atoms with van der Waals surface area (Å²) < 4.78 is 4.92. The molecule has 8 heteroatoms. The molecule has 0 spiro atoms. The van der Waals surface area contributed by atoms with Gasteiger partial charge in [0.15, 0.2) is 0 Å². The van der Waals surface area contributed by atoms with Crippen LogP contribution in [0.2, 0.25) is 0 Å². The van der Waals surface area contributed by atoms with E-state index in [-0.39, 0.29) is 36.4 Å². The molecule has 0 bridgehead atoms. The average Bonchev–Trinajstić information content (AvgIpc) is 3.34. The maximum absolute atomic E-state index is 12.8. The lowest BCUT2D eigenvalue weighted by molar-refractivity contribution is -0.138. The number of rotatable bonds is 13. The van der Waals surface area contributed by atoms with Gasteiger partial charge in [-0.1, -0.05) is 54.7 Å². The molecule has 204 valence electrons. The summed E-state index contributed by atoms with van der Waals surface area (Å²) in [5.41, 5.74) is 1.94. The van der Waals surface area contributed by atoms with Crippen molar-refractivity contribution in [3.63, 3.8) is 0 Å². The summed E-state index contributed by atoms with van der Waals surface area (Å²) in [5.74, 6) is 0.577. The molecule has 2 aliphatic rings. The SMILES string of the molecule is C=C(C)C(=O)OCCNC(=O)NCCNCCN1C(=C)C(C(C)(C)CC2(C)CC2C(C)(C)C)CC1=O. The minimum atomic E-state index is -0.471. The Balaban J connectivity index is 1.66. The van der Waals surface area contributed by atoms with Gasteiger partial charge in [0.2, 0.25) is 5.91 Å². The van der Waals surface area contributed by atoms with Crippen molar-refractivity contribution >= 4 is 17.9 Å². The number of carbonyl (C=O) groups excluding carboxylic acids is 3. The van der Waals surface area contributed by atoms with Crippen LogP contribution < -0.4 is 16.0 Å². The van der Waals surface area contributed by atoms with E-state index in [4.69, 9.17) is 4.74 Å². The van der Waals surface area contributed by atoms with E-state index in [1.165, 1.54) is 6.42 Å². The minimum absolute atomic E-state index is 0.0177. The molecule has 3 unspecified atom stereocenters. The fraction of sp³-hybridized carbons (Fsp3) is 0.750. The minimum Gasteiger partial charge on any atom is -0.460 e. The van der Waals surface area contributed by atoms with Crippen LogP contribution in [-0.4, -0.2) is 62.1 Å². The summed E-state index contributed by atoms with van der Waals surface area (Å²) in [6.45, 7) is 25.9. The molecule has 3 amide bonds. The van der Waals surface area contributed by atoms with Crippen molar-refractivity contribution in [1.82, 2.24) is 20.9 Å². The maximum Gasteiger partial charge on any atom is 0.333 e. The second-order valence-corrected chi connectivity index (χ2v) is 12.6. The van der Waals surface area contributed by atoms with E-state index < -0.39 is 5.97 Å². The van der Waals surface area contributed by atoms with E-state index in [1.54, 1.807) is 6.92 Å². The van der Waals surface area contributed by atoms with Crippen molar-refractivity contribution in [2.75, 3.05) is 39.3 Å². The number of likely N-dealkylation sites (tertiary alicyclic amines) is 1. The van der Waals surface area contributed by atoms with Crippen LogP contribution in [-0.2, 0) is 14.3 Å². The number of esters is 1. The average molecular weight is 505 g/mol. The Morgan fingerprint density at radius 1 is 1.11 bits per heavy atom. The molecule has 0 aromatic carbocycles. The Hall–Kier alpha value is -2.35. The predicted molar refractivity (Wildman–Crippen MR) is 143 cm³/mol. The van der Waals surface area contributed by atoms with Gasteiger partial charge in [-0.05, 0) is 41.9 Å². The molecule has 0 radical (unpaired) electrons. The molecule has 3 atom stereocenters. The summed E-state index contributed by atoms with van der Waals surface area (Å²) in [7, 11) is 0. The molecule has 8 nitrogen and oxygen atoms in total. The zero-order valence-corrected chi connectivity index (χ0v) is 23.5. The largest absolute Gasteiger partial charge is 0.460 e. The third-order valence-corrected chi connectivity index (χ3v) is 7.70. The van der Waals surface area contributed by atoms with Crippen LogP contribution >= 0.6 is 0 Å². The molecule has 2 rings (SSSR count). The van der Waals surface area contributed by atoms with Gasteiger partial charge in [-0.15, -0.1) is 0 Å². The number of hydrogen-bond acceptors (Lipinski definition) is 5. The highest BCUT2D eigenvalue weighted by atomic mass is 16.5. The van der Waals surface area contributed by atoms with E-state index in [2.05, 4.69) is 70.7 Å². The van der Waals surface area contributed by atoms with E-state index >= 15 is 0 Å². The summed E-state index contributed by atoms with van der Waals surface area (Å²) in [5, 5.41) is 8.64. The molecule has 3 N–H and O–H groups in total. The predicted octanol–water partition coefficient (Wildman–Crippen LogP) is 3.85. The number of nitrogens with one attached hydrogen (secondary N) is 3. The Bertz CT molecular complexity index is 860. The first kappa shape index (κ1) is 29.9.